The lowest BCUT2D eigenvalue weighted by Crippen LogP contribution is -2.16. The van der Waals surface area contributed by atoms with Gasteiger partial charge in [0, 0.05) is 16.1 Å². The fraction of sp³-hybridized carbons (Fsp3) is 0.0455. The van der Waals surface area contributed by atoms with Gasteiger partial charge in [-0.2, -0.15) is 0 Å². The average Bonchev–Trinajstić information content (AvgIpc) is 2.74. The molecule has 30 heavy (non-hydrogen) atoms. The number of nitrogens with one attached hydrogen (secondary N) is 1. The van der Waals surface area contributed by atoms with E-state index in [4.69, 9.17) is 23.2 Å². The van der Waals surface area contributed by atoms with Gasteiger partial charge in [-0.25, -0.2) is 4.79 Å². The van der Waals surface area contributed by atoms with E-state index >= 15 is 0 Å². The third-order valence-electron chi connectivity index (χ3n) is 4.11. The molecule has 0 heterocycles. The molecule has 0 spiro atoms. The maximum atomic E-state index is 12.5. The summed E-state index contributed by atoms with van der Waals surface area (Å²) in [6.07, 6.45) is 0. The number of carboxylic acid groups (broad SMARTS) is 1. The SMILES string of the molecule is O=C(CSc1cccc(NC(=O)c2ccccc2C(=O)O)c1)c1ccc(Cl)c(Cl)c1. The third-order valence-corrected chi connectivity index (χ3v) is 5.84. The fourth-order valence-corrected chi connectivity index (χ4v) is 3.78. The molecule has 0 fully saturated rings. The summed E-state index contributed by atoms with van der Waals surface area (Å²) in [7, 11) is 0. The van der Waals surface area contributed by atoms with Crippen LogP contribution < -0.4 is 5.32 Å². The molecule has 0 aliphatic carbocycles. The van der Waals surface area contributed by atoms with E-state index in [9.17, 15) is 19.5 Å². The highest BCUT2D eigenvalue weighted by atomic mass is 35.5. The minimum Gasteiger partial charge on any atom is -0.478 e. The van der Waals surface area contributed by atoms with Gasteiger partial charge in [0.05, 0.1) is 26.9 Å². The Morgan fingerprint density at radius 3 is 2.30 bits per heavy atom. The van der Waals surface area contributed by atoms with Crippen molar-refractivity contribution in [3.8, 4) is 0 Å². The average molecular weight is 460 g/mol. The number of halogens is 2. The highest BCUT2D eigenvalue weighted by molar-refractivity contribution is 8.00. The van der Waals surface area contributed by atoms with E-state index in [-0.39, 0.29) is 22.7 Å². The number of hydrogen-bond acceptors (Lipinski definition) is 4. The number of anilines is 1. The Hall–Kier alpha value is -2.80. The number of hydrogen-bond donors (Lipinski definition) is 2. The number of carboxylic acids is 1. The van der Waals surface area contributed by atoms with Gasteiger partial charge in [-0.15, -0.1) is 11.8 Å². The lowest BCUT2D eigenvalue weighted by molar-refractivity contribution is 0.0692. The summed E-state index contributed by atoms with van der Waals surface area (Å²) in [5, 5.41) is 12.6. The van der Waals surface area contributed by atoms with Crippen LogP contribution in [0.2, 0.25) is 10.0 Å². The largest absolute Gasteiger partial charge is 0.478 e. The molecule has 0 radical (unpaired) electrons. The summed E-state index contributed by atoms with van der Waals surface area (Å²) < 4.78 is 0. The Labute approximate surface area is 187 Å². The fourth-order valence-electron chi connectivity index (χ4n) is 2.63. The smallest absolute Gasteiger partial charge is 0.336 e. The minimum absolute atomic E-state index is 0.0675. The van der Waals surface area contributed by atoms with E-state index in [1.807, 2.05) is 6.07 Å². The summed E-state index contributed by atoms with van der Waals surface area (Å²) in [5.74, 6) is -1.63. The van der Waals surface area contributed by atoms with Crippen LogP contribution in [0.15, 0.2) is 71.6 Å². The molecule has 152 valence electrons. The minimum atomic E-state index is -1.18. The van der Waals surface area contributed by atoms with Crippen molar-refractivity contribution in [3.05, 3.63) is 93.5 Å². The van der Waals surface area contributed by atoms with Crippen LogP contribution in [0.4, 0.5) is 5.69 Å². The number of aromatic carboxylic acids is 1. The molecule has 2 N–H and O–H groups in total. The zero-order valence-corrected chi connectivity index (χ0v) is 17.7. The summed E-state index contributed by atoms with van der Waals surface area (Å²) in [6.45, 7) is 0. The first-order valence-corrected chi connectivity index (χ1v) is 10.4. The Kier molecular flexibility index (Phi) is 7.15. The number of Topliss-reactive ketones (excluding diaryl/α,β-unsaturated/α-hetero) is 1. The third kappa shape index (κ3) is 5.42. The van der Waals surface area contributed by atoms with Crippen LogP contribution in [0.1, 0.15) is 31.1 Å². The Bertz CT molecular complexity index is 1130. The maximum absolute atomic E-state index is 12.5. The van der Waals surface area contributed by atoms with Crippen molar-refractivity contribution in [2.24, 2.45) is 0 Å². The van der Waals surface area contributed by atoms with Crippen molar-refractivity contribution >= 4 is 58.3 Å². The van der Waals surface area contributed by atoms with Crippen LogP contribution in [0.5, 0.6) is 0 Å². The molecule has 0 unspecified atom stereocenters. The molecular formula is C22H15Cl2NO4S. The summed E-state index contributed by atoms with van der Waals surface area (Å²) in [5.41, 5.74) is 0.949. The van der Waals surface area contributed by atoms with Gasteiger partial charge in [0.2, 0.25) is 0 Å². The maximum Gasteiger partial charge on any atom is 0.336 e. The first kappa shape index (κ1) is 21.9. The number of thioether (sulfide) groups is 1. The molecule has 0 atom stereocenters. The second-order valence-electron chi connectivity index (χ2n) is 6.17. The van der Waals surface area contributed by atoms with Gasteiger partial charge in [-0.1, -0.05) is 41.4 Å². The second kappa shape index (κ2) is 9.80. The quantitative estimate of drug-likeness (QED) is 0.338. The van der Waals surface area contributed by atoms with Crippen LogP contribution in [-0.2, 0) is 0 Å². The molecule has 5 nitrogen and oxygen atoms in total. The number of benzene rings is 3. The number of carbonyl (C=O) groups is 3. The van der Waals surface area contributed by atoms with E-state index in [2.05, 4.69) is 5.32 Å². The Balaban J connectivity index is 1.67. The van der Waals surface area contributed by atoms with Gasteiger partial charge in [-0.3, -0.25) is 9.59 Å². The number of ketones is 1. The van der Waals surface area contributed by atoms with Crippen molar-refractivity contribution in [1.29, 1.82) is 0 Å². The van der Waals surface area contributed by atoms with Crippen LogP contribution in [0.25, 0.3) is 0 Å². The molecule has 0 saturated heterocycles. The monoisotopic (exact) mass is 459 g/mol. The van der Waals surface area contributed by atoms with Gasteiger partial charge >= 0.3 is 5.97 Å². The van der Waals surface area contributed by atoms with Crippen molar-refractivity contribution in [2.45, 2.75) is 4.90 Å². The van der Waals surface area contributed by atoms with Crippen LogP contribution in [0.3, 0.4) is 0 Å². The number of carbonyl (C=O) groups excluding carboxylic acids is 2. The molecule has 3 aromatic carbocycles. The molecule has 0 aliphatic rings. The summed E-state index contributed by atoms with van der Waals surface area (Å²) in [4.78, 5) is 37.0. The van der Waals surface area contributed by atoms with E-state index in [1.165, 1.54) is 30.0 Å². The van der Waals surface area contributed by atoms with Crippen LogP contribution >= 0.6 is 35.0 Å². The molecule has 0 saturated carbocycles. The highest BCUT2D eigenvalue weighted by Gasteiger charge is 2.16. The normalized spacial score (nSPS) is 10.5. The first-order chi connectivity index (χ1) is 14.3. The standard InChI is InChI=1S/C22H15Cl2NO4S/c23-18-9-8-13(10-19(18)24)20(26)12-30-15-5-3-4-14(11-15)25-21(27)16-6-1-2-7-17(16)22(28)29/h1-11H,12H2,(H,25,27)(H,28,29). The molecule has 0 bridgehead atoms. The van der Waals surface area contributed by atoms with Crippen molar-refractivity contribution in [1.82, 2.24) is 0 Å². The van der Waals surface area contributed by atoms with Gasteiger partial charge < -0.3 is 10.4 Å². The van der Waals surface area contributed by atoms with E-state index in [0.29, 0.717) is 21.3 Å². The number of rotatable bonds is 7. The van der Waals surface area contributed by atoms with Crippen molar-refractivity contribution in [2.75, 3.05) is 11.1 Å². The van der Waals surface area contributed by atoms with Crippen LogP contribution in [0, 0.1) is 0 Å². The predicted octanol–water partition coefficient (Wildman–Crippen LogP) is 5.92. The number of amides is 1. The highest BCUT2D eigenvalue weighted by Crippen LogP contribution is 2.26. The van der Waals surface area contributed by atoms with Gasteiger partial charge in [0.15, 0.2) is 5.78 Å². The first-order valence-electron chi connectivity index (χ1n) is 8.70. The van der Waals surface area contributed by atoms with E-state index in [0.717, 1.165) is 4.90 Å². The lowest BCUT2D eigenvalue weighted by atomic mass is 10.1. The molecule has 1 amide bonds. The molecule has 0 aliphatic heterocycles. The second-order valence-corrected chi connectivity index (χ2v) is 8.04. The zero-order chi connectivity index (χ0) is 21.7. The van der Waals surface area contributed by atoms with Gasteiger partial charge in [0.25, 0.3) is 5.91 Å². The van der Waals surface area contributed by atoms with Crippen molar-refractivity contribution in [3.63, 3.8) is 0 Å². The van der Waals surface area contributed by atoms with Crippen molar-refractivity contribution < 1.29 is 19.5 Å². The van der Waals surface area contributed by atoms with Gasteiger partial charge in [-0.05, 0) is 48.5 Å². The Morgan fingerprint density at radius 2 is 1.60 bits per heavy atom. The van der Waals surface area contributed by atoms with E-state index in [1.54, 1.807) is 42.5 Å². The van der Waals surface area contributed by atoms with Crippen LogP contribution in [-0.4, -0.2) is 28.5 Å². The zero-order valence-electron chi connectivity index (χ0n) is 15.4. The lowest BCUT2D eigenvalue weighted by Gasteiger charge is -2.09. The summed E-state index contributed by atoms with van der Waals surface area (Å²) in [6, 6.07) is 17.7. The molecule has 3 aromatic rings. The molecule has 3 rings (SSSR count). The van der Waals surface area contributed by atoms with E-state index < -0.39 is 11.9 Å². The summed E-state index contributed by atoms with van der Waals surface area (Å²) >= 11 is 13.1. The van der Waals surface area contributed by atoms with Gasteiger partial charge in [0.1, 0.15) is 0 Å². The topological polar surface area (TPSA) is 83.5 Å². The molecule has 0 aromatic heterocycles. The molecular weight excluding hydrogens is 445 g/mol. The molecule has 8 heteroatoms. The Morgan fingerprint density at radius 1 is 0.867 bits per heavy atom. The predicted molar refractivity (Wildman–Crippen MR) is 119 cm³/mol.